The Morgan fingerprint density at radius 3 is 3.00 bits per heavy atom. The Morgan fingerprint density at radius 2 is 2.31 bits per heavy atom. The molecule has 1 N–H and O–H groups in total. The second kappa shape index (κ2) is 6.15. The molecule has 1 saturated carbocycles. The van der Waals surface area contributed by atoms with Crippen LogP contribution in [0.5, 0.6) is 0 Å². The maximum atomic E-state index is 5.60. The smallest absolute Gasteiger partial charge is 0.205 e. The molecule has 0 aliphatic heterocycles. The van der Waals surface area contributed by atoms with E-state index in [1.165, 1.54) is 25.7 Å². The molecule has 1 heterocycles. The summed E-state index contributed by atoms with van der Waals surface area (Å²) in [4.78, 5) is 0. The monoisotopic (exact) mass is 241 g/mol. The van der Waals surface area contributed by atoms with Gasteiger partial charge in [-0.25, -0.2) is 0 Å². The Morgan fingerprint density at radius 1 is 1.44 bits per heavy atom. The topological polar surface area (TPSA) is 47.0 Å². The Labute approximate surface area is 100 Å². The van der Waals surface area contributed by atoms with Crippen molar-refractivity contribution in [2.75, 3.05) is 18.5 Å². The molecular formula is C11H19N3OS. The summed E-state index contributed by atoms with van der Waals surface area (Å²) in [6, 6.07) is 0. The lowest BCUT2D eigenvalue weighted by Gasteiger charge is -2.24. The largest absolute Gasteiger partial charge is 0.374 e. The van der Waals surface area contributed by atoms with Gasteiger partial charge in [-0.05, 0) is 19.3 Å². The molecule has 1 aromatic heterocycles. The molecule has 0 saturated heterocycles. The molecule has 1 aliphatic carbocycles. The predicted octanol–water partition coefficient (Wildman–Crippen LogP) is 2.68. The molecule has 16 heavy (non-hydrogen) atoms. The van der Waals surface area contributed by atoms with Crippen LogP contribution < -0.4 is 5.32 Å². The predicted molar refractivity (Wildman–Crippen MR) is 65.7 cm³/mol. The second-order valence-electron chi connectivity index (χ2n) is 4.17. The first-order chi connectivity index (χ1) is 7.88. The summed E-state index contributed by atoms with van der Waals surface area (Å²) in [5.41, 5.74) is 0. The van der Waals surface area contributed by atoms with E-state index in [0.29, 0.717) is 6.61 Å². The average molecular weight is 241 g/mol. The van der Waals surface area contributed by atoms with Crippen molar-refractivity contribution in [2.45, 2.75) is 39.2 Å². The fraction of sp³-hybridized carbons (Fsp3) is 0.818. The Kier molecular flexibility index (Phi) is 4.54. The number of anilines is 1. The van der Waals surface area contributed by atoms with Gasteiger partial charge in [-0.15, -0.1) is 10.2 Å². The van der Waals surface area contributed by atoms with Crippen LogP contribution >= 0.6 is 11.3 Å². The van der Waals surface area contributed by atoms with Crippen molar-refractivity contribution in [2.24, 2.45) is 5.92 Å². The van der Waals surface area contributed by atoms with Gasteiger partial charge in [-0.1, -0.05) is 30.6 Å². The van der Waals surface area contributed by atoms with E-state index in [1.54, 1.807) is 11.3 Å². The molecule has 0 unspecified atom stereocenters. The van der Waals surface area contributed by atoms with Crippen molar-refractivity contribution in [3.8, 4) is 0 Å². The number of nitrogens with one attached hydrogen (secondary N) is 1. The summed E-state index contributed by atoms with van der Waals surface area (Å²) in [5.74, 6) is 0.923. The van der Waals surface area contributed by atoms with Crippen molar-refractivity contribution < 1.29 is 4.74 Å². The molecule has 0 amide bonds. The molecule has 2 rings (SSSR count). The third-order valence-corrected chi connectivity index (χ3v) is 3.77. The van der Waals surface area contributed by atoms with Crippen LogP contribution in [0.4, 0.5) is 5.13 Å². The van der Waals surface area contributed by atoms with Crippen LogP contribution in [0.1, 0.15) is 37.6 Å². The van der Waals surface area contributed by atoms with Gasteiger partial charge in [0.05, 0.1) is 0 Å². The van der Waals surface area contributed by atoms with Crippen molar-refractivity contribution in [1.82, 2.24) is 10.2 Å². The highest BCUT2D eigenvalue weighted by Gasteiger charge is 2.16. The standard InChI is InChI=1S/C11H19N3OS/c1-2-12-11-14-13-10(16-11)8-15-7-6-9-4-3-5-9/h9H,2-8H2,1H3,(H,12,14). The van der Waals surface area contributed by atoms with E-state index in [2.05, 4.69) is 22.4 Å². The van der Waals surface area contributed by atoms with Gasteiger partial charge in [0.15, 0.2) is 0 Å². The highest BCUT2D eigenvalue weighted by Crippen LogP contribution is 2.29. The van der Waals surface area contributed by atoms with E-state index in [0.717, 1.165) is 29.2 Å². The van der Waals surface area contributed by atoms with Gasteiger partial charge < -0.3 is 10.1 Å². The molecule has 90 valence electrons. The number of nitrogens with zero attached hydrogens (tertiary/aromatic N) is 2. The first-order valence-electron chi connectivity index (χ1n) is 6.02. The average Bonchev–Trinajstić information content (AvgIpc) is 2.63. The molecule has 4 nitrogen and oxygen atoms in total. The molecule has 5 heteroatoms. The summed E-state index contributed by atoms with van der Waals surface area (Å²) < 4.78 is 5.60. The summed E-state index contributed by atoms with van der Waals surface area (Å²) in [6.45, 7) is 4.41. The first-order valence-corrected chi connectivity index (χ1v) is 6.84. The van der Waals surface area contributed by atoms with Crippen molar-refractivity contribution >= 4 is 16.5 Å². The molecule has 0 spiro atoms. The maximum Gasteiger partial charge on any atom is 0.205 e. The minimum absolute atomic E-state index is 0.607. The normalized spacial score (nSPS) is 16.1. The number of aromatic nitrogens is 2. The quantitative estimate of drug-likeness (QED) is 0.746. The van der Waals surface area contributed by atoms with E-state index in [9.17, 15) is 0 Å². The van der Waals surface area contributed by atoms with E-state index < -0.39 is 0 Å². The lowest BCUT2D eigenvalue weighted by atomic mass is 9.83. The second-order valence-corrected chi connectivity index (χ2v) is 5.23. The van der Waals surface area contributed by atoms with E-state index in [4.69, 9.17) is 4.74 Å². The van der Waals surface area contributed by atoms with Crippen LogP contribution in [0.25, 0.3) is 0 Å². The van der Waals surface area contributed by atoms with E-state index in [1.807, 2.05) is 0 Å². The number of hydrogen-bond donors (Lipinski definition) is 1. The Balaban J connectivity index is 1.60. The van der Waals surface area contributed by atoms with E-state index >= 15 is 0 Å². The van der Waals surface area contributed by atoms with Gasteiger partial charge in [0.25, 0.3) is 0 Å². The highest BCUT2D eigenvalue weighted by atomic mass is 32.1. The summed E-state index contributed by atoms with van der Waals surface area (Å²) in [6.07, 6.45) is 5.41. The number of ether oxygens (including phenoxy) is 1. The molecule has 0 bridgehead atoms. The summed E-state index contributed by atoms with van der Waals surface area (Å²) >= 11 is 1.58. The lowest BCUT2D eigenvalue weighted by molar-refractivity contribution is 0.0945. The molecule has 1 fully saturated rings. The van der Waals surface area contributed by atoms with Crippen LogP contribution in [0.15, 0.2) is 0 Å². The van der Waals surface area contributed by atoms with Gasteiger partial charge >= 0.3 is 0 Å². The van der Waals surface area contributed by atoms with Crippen molar-refractivity contribution in [3.05, 3.63) is 5.01 Å². The zero-order valence-electron chi connectivity index (χ0n) is 9.74. The maximum absolute atomic E-state index is 5.60. The minimum atomic E-state index is 0.607. The van der Waals surface area contributed by atoms with Crippen LogP contribution in [0, 0.1) is 5.92 Å². The highest BCUT2D eigenvalue weighted by molar-refractivity contribution is 7.15. The SMILES string of the molecule is CCNc1nnc(COCCC2CCC2)s1. The van der Waals surface area contributed by atoms with Crippen LogP contribution in [-0.2, 0) is 11.3 Å². The van der Waals surface area contributed by atoms with Gasteiger partial charge in [-0.2, -0.15) is 0 Å². The van der Waals surface area contributed by atoms with Crippen molar-refractivity contribution in [3.63, 3.8) is 0 Å². The molecular weight excluding hydrogens is 222 g/mol. The van der Waals surface area contributed by atoms with Crippen LogP contribution in [-0.4, -0.2) is 23.3 Å². The van der Waals surface area contributed by atoms with Gasteiger partial charge in [0, 0.05) is 13.2 Å². The van der Waals surface area contributed by atoms with Gasteiger partial charge in [0.1, 0.15) is 11.6 Å². The molecule has 1 aromatic rings. The van der Waals surface area contributed by atoms with Gasteiger partial charge in [0.2, 0.25) is 5.13 Å². The van der Waals surface area contributed by atoms with Gasteiger partial charge in [-0.3, -0.25) is 0 Å². The number of rotatable bonds is 7. The van der Waals surface area contributed by atoms with E-state index in [-0.39, 0.29) is 0 Å². The fourth-order valence-electron chi connectivity index (χ4n) is 1.73. The molecule has 0 radical (unpaired) electrons. The molecule has 1 aliphatic rings. The molecule has 0 aromatic carbocycles. The Bertz CT molecular complexity index is 312. The number of hydrogen-bond acceptors (Lipinski definition) is 5. The lowest BCUT2D eigenvalue weighted by Crippen LogP contribution is -2.13. The Hall–Kier alpha value is -0.680. The van der Waals surface area contributed by atoms with Crippen molar-refractivity contribution in [1.29, 1.82) is 0 Å². The zero-order valence-corrected chi connectivity index (χ0v) is 10.6. The van der Waals surface area contributed by atoms with Crippen LogP contribution in [0.2, 0.25) is 0 Å². The molecule has 0 atom stereocenters. The fourth-order valence-corrected chi connectivity index (χ4v) is 2.47. The third kappa shape index (κ3) is 3.42. The first kappa shape index (κ1) is 11.8. The minimum Gasteiger partial charge on any atom is -0.374 e. The summed E-state index contributed by atoms with van der Waals surface area (Å²) in [7, 11) is 0. The third-order valence-electron chi connectivity index (χ3n) is 2.92. The summed E-state index contributed by atoms with van der Waals surface area (Å²) in [5, 5.41) is 13.1. The zero-order chi connectivity index (χ0) is 11.2. The van der Waals surface area contributed by atoms with Crippen LogP contribution in [0.3, 0.4) is 0 Å².